The molecule has 17 heavy (non-hydrogen) atoms. The maximum absolute atomic E-state index is 11.5. The molecule has 0 aliphatic rings. The van der Waals surface area contributed by atoms with Gasteiger partial charge >= 0.3 is 6.03 Å². The van der Waals surface area contributed by atoms with Crippen molar-refractivity contribution >= 4 is 29.0 Å². The molecule has 0 aromatic heterocycles. The van der Waals surface area contributed by atoms with Crippen molar-refractivity contribution in [1.82, 2.24) is 0 Å². The Hall–Kier alpha value is -2.00. The van der Waals surface area contributed by atoms with Gasteiger partial charge in [-0.05, 0) is 30.3 Å². The number of hydrogen-bond donors (Lipinski definition) is 1. The van der Waals surface area contributed by atoms with Gasteiger partial charge in [0.25, 0.3) is 0 Å². The Kier molecular flexibility index (Phi) is 3.30. The molecule has 0 radical (unpaired) electrons. The Morgan fingerprint density at radius 3 is 2.24 bits per heavy atom. The maximum Gasteiger partial charge on any atom is 0.323 e. The first-order valence-corrected chi connectivity index (χ1v) is 5.46. The van der Waals surface area contributed by atoms with E-state index in [-0.39, 0.29) is 0 Å². The van der Waals surface area contributed by atoms with E-state index in [0.717, 1.165) is 0 Å². The highest BCUT2D eigenvalue weighted by Crippen LogP contribution is 2.26. The van der Waals surface area contributed by atoms with E-state index in [4.69, 9.17) is 17.3 Å². The Bertz CT molecular complexity index is 528. The van der Waals surface area contributed by atoms with Crippen LogP contribution in [0.25, 0.3) is 0 Å². The van der Waals surface area contributed by atoms with Gasteiger partial charge in [-0.1, -0.05) is 35.9 Å². The maximum atomic E-state index is 11.5. The quantitative estimate of drug-likeness (QED) is 0.865. The van der Waals surface area contributed by atoms with Gasteiger partial charge in [-0.3, -0.25) is 4.90 Å². The number of rotatable bonds is 2. The Morgan fingerprint density at radius 2 is 1.65 bits per heavy atom. The van der Waals surface area contributed by atoms with Crippen molar-refractivity contribution in [2.24, 2.45) is 5.73 Å². The number of para-hydroxylation sites is 1. The van der Waals surface area contributed by atoms with Crippen LogP contribution in [0.4, 0.5) is 16.2 Å². The molecule has 0 unspecified atom stereocenters. The minimum absolute atomic E-state index is 0.543. The van der Waals surface area contributed by atoms with Gasteiger partial charge in [0, 0.05) is 5.02 Å². The number of nitrogens with zero attached hydrogens (tertiary/aromatic N) is 1. The lowest BCUT2D eigenvalue weighted by atomic mass is 10.2. The molecule has 2 aromatic rings. The minimum atomic E-state index is -0.543. The smallest absolute Gasteiger partial charge is 0.323 e. The van der Waals surface area contributed by atoms with E-state index in [1.165, 1.54) is 4.90 Å². The first-order chi connectivity index (χ1) is 8.18. The molecule has 0 saturated carbocycles. The zero-order chi connectivity index (χ0) is 12.3. The van der Waals surface area contributed by atoms with Crippen molar-refractivity contribution < 1.29 is 4.79 Å². The molecule has 0 spiro atoms. The zero-order valence-corrected chi connectivity index (χ0v) is 9.76. The molecule has 86 valence electrons. The molecule has 0 aliphatic heterocycles. The highest BCUT2D eigenvalue weighted by atomic mass is 35.5. The van der Waals surface area contributed by atoms with Crippen LogP contribution in [0.5, 0.6) is 0 Å². The predicted octanol–water partition coefficient (Wildman–Crippen LogP) is 3.56. The number of carbonyl (C=O) groups excluding carboxylic acids is 1. The largest absolute Gasteiger partial charge is 0.351 e. The van der Waals surface area contributed by atoms with Crippen molar-refractivity contribution in [1.29, 1.82) is 0 Å². The fraction of sp³-hybridized carbons (Fsp3) is 0. The van der Waals surface area contributed by atoms with E-state index in [1.54, 1.807) is 24.3 Å². The van der Waals surface area contributed by atoms with Crippen molar-refractivity contribution in [3.8, 4) is 0 Å². The molecule has 3 nitrogen and oxygen atoms in total. The summed E-state index contributed by atoms with van der Waals surface area (Å²) >= 11 is 5.90. The summed E-state index contributed by atoms with van der Waals surface area (Å²) < 4.78 is 0. The SMILES string of the molecule is NC(=O)N(c1ccccc1)c1cccc(Cl)c1. The highest BCUT2D eigenvalue weighted by molar-refractivity contribution is 6.31. The van der Waals surface area contributed by atoms with Gasteiger partial charge in [0.2, 0.25) is 0 Å². The molecule has 0 aliphatic carbocycles. The average molecular weight is 247 g/mol. The van der Waals surface area contributed by atoms with Crippen molar-refractivity contribution in [2.75, 3.05) is 4.90 Å². The lowest BCUT2D eigenvalue weighted by molar-refractivity contribution is 0.256. The number of benzene rings is 2. The highest BCUT2D eigenvalue weighted by Gasteiger charge is 2.14. The number of nitrogens with two attached hydrogens (primary N) is 1. The number of urea groups is 1. The van der Waals surface area contributed by atoms with Crippen LogP contribution in [0.2, 0.25) is 5.02 Å². The second kappa shape index (κ2) is 4.89. The number of primary amides is 1. The summed E-state index contributed by atoms with van der Waals surface area (Å²) in [4.78, 5) is 12.9. The molecule has 0 atom stereocenters. The van der Waals surface area contributed by atoms with Gasteiger partial charge in [0.05, 0.1) is 11.4 Å². The van der Waals surface area contributed by atoms with Crippen LogP contribution < -0.4 is 10.6 Å². The van der Waals surface area contributed by atoms with E-state index >= 15 is 0 Å². The molecule has 2 amide bonds. The number of anilines is 2. The van der Waals surface area contributed by atoms with Gasteiger partial charge in [-0.2, -0.15) is 0 Å². The summed E-state index contributed by atoms with van der Waals surface area (Å²) in [5.41, 5.74) is 6.75. The summed E-state index contributed by atoms with van der Waals surface area (Å²) in [6.45, 7) is 0. The summed E-state index contributed by atoms with van der Waals surface area (Å²) in [6.07, 6.45) is 0. The lowest BCUT2D eigenvalue weighted by Crippen LogP contribution is -2.31. The minimum Gasteiger partial charge on any atom is -0.351 e. The van der Waals surface area contributed by atoms with E-state index < -0.39 is 6.03 Å². The van der Waals surface area contributed by atoms with Crippen molar-refractivity contribution in [2.45, 2.75) is 0 Å². The van der Waals surface area contributed by atoms with E-state index in [2.05, 4.69) is 0 Å². The van der Waals surface area contributed by atoms with Crippen LogP contribution in [0.3, 0.4) is 0 Å². The summed E-state index contributed by atoms with van der Waals surface area (Å²) in [6, 6.07) is 15.6. The second-order valence-corrected chi connectivity index (χ2v) is 3.93. The van der Waals surface area contributed by atoms with Gasteiger partial charge < -0.3 is 5.73 Å². The van der Waals surface area contributed by atoms with Gasteiger partial charge in [0.15, 0.2) is 0 Å². The number of hydrogen-bond acceptors (Lipinski definition) is 1. The van der Waals surface area contributed by atoms with E-state index in [0.29, 0.717) is 16.4 Å². The molecule has 4 heteroatoms. The van der Waals surface area contributed by atoms with Gasteiger partial charge in [-0.15, -0.1) is 0 Å². The van der Waals surface area contributed by atoms with Crippen molar-refractivity contribution in [3.63, 3.8) is 0 Å². The molecule has 2 aromatic carbocycles. The Balaban J connectivity index is 2.47. The summed E-state index contributed by atoms with van der Waals surface area (Å²) in [5.74, 6) is 0. The predicted molar refractivity (Wildman–Crippen MR) is 69.6 cm³/mol. The normalized spacial score (nSPS) is 9.94. The molecule has 2 N–H and O–H groups in total. The number of amides is 2. The number of carbonyl (C=O) groups is 1. The average Bonchev–Trinajstić information content (AvgIpc) is 2.30. The van der Waals surface area contributed by atoms with Crippen molar-refractivity contribution in [3.05, 3.63) is 59.6 Å². The third kappa shape index (κ3) is 2.57. The second-order valence-electron chi connectivity index (χ2n) is 3.49. The van der Waals surface area contributed by atoms with Gasteiger partial charge in [0.1, 0.15) is 0 Å². The molecular weight excluding hydrogens is 236 g/mol. The molecular formula is C13H11ClN2O. The first kappa shape index (κ1) is 11.5. The van der Waals surface area contributed by atoms with E-state index in [9.17, 15) is 4.79 Å². The molecule has 2 rings (SSSR count). The summed E-state index contributed by atoms with van der Waals surface area (Å²) in [7, 11) is 0. The third-order valence-electron chi connectivity index (χ3n) is 2.30. The lowest BCUT2D eigenvalue weighted by Gasteiger charge is -2.20. The monoisotopic (exact) mass is 246 g/mol. The number of halogens is 1. The van der Waals surface area contributed by atoms with E-state index in [1.807, 2.05) is 30.3 Å². The van der Waals surface area contributed by atoms with Crippen LogP contribution in [-0.4, -0.2) is 6.03 Å². The third-order valence-corrected chi connectivity index (χ3v) is 2.54. The van der Waals surface area contributed by atoms with Crippen LogP contribution >= 0.6 is 11.6 Å². The summed E-state index contributed by atoms with van der Waals surface area (Å²) in [5, 5.41) is 0.560. The zero-order valence-electron chi connectivity index (χ0n) is 9.01. The Labute approximate surface area is 104 Å². The van der Waals surface area contributed by atoms with Crippen LogP contribution in [0, 0.1) is 0 Å². The standard InChI is InChI=1S/C13H11ClN2O/c14-10-5-4-8-12(9-10)16(13(15)17)11-6-2-1-3-7-11/h1-9H,(H2,15,17). The van der Waals surface area contributed by atoms with Gasteiger partial charge in [-0.25, -0.2) is 4.79 Å². The van der Waals surface area contributed by atoms with Crippen LogP contribution in [0.15, 0.2) is 54.6 Å². The van der Waals surface area contributed by atoms with Crippen LogP contribution in [0.1, 0.15) is 0 Å². The Morgan fingerprint density at radius 1 is 1.00 bits per heavy atom. The fourth-order valence-electron chi connectivity index (χ4n) is 1.60. The fourth-order valence-corrected chi connectivity index (χ4v) is 1.78. The van der Waals surface area contributed by atoms with Crippen LogP contribution in [-0.2, 0) is 0 Å². The topological polar surface area (TPSA) is 46.3 Å². The first-order valence-electron chi connectivity index (χ1n) is 5.08. The molecule has 0 heterocycles. The molecule has 0 bridgehead atoms. The molecule has 0 fully saturated rings. The molecule has 0 saturated heterocycles.